The maximum atomic E-state index is 5.06. The van der Waals surface area contributed by atoms with E-state index in [1.165, 1.54) is 5.56 Å². The van der Waals surface area contributed by atoms with E-state index >= 15 is 0 Å². The van der Waals surface area contributed by atoms with E-state index in [4.69, 9.17) is 4.65 Å². The molecule has 1 aliphatic rings. The zero-order valence-corrected chi connectivity index (χ0v) is 5.50. The lowest BCUT2D eigenvalue weighted by Gasteiger charge is -2.15. The van der Waals surface area contributed by atoms with Crippen LogP contribution in [0.15, 0.2) is 24.3 Å². The van der Waals surface area contributed by atoms with Gasteiger partial charge in [0.2, 0.25) is 0 Å². The van der Waals surface area contributed by atoms with Gasteiger partial charge in [-0.25, -0.2) is 0 Å². The molecule has 0 amide bonds. The van der Waals surface area contributed by atoms with Crippen LogP contribution in [-0.2, 0) is 11.3 Å². The highest BCUT2D eigenvalue weighted by atomic mass is 16.4. The van der Waals surface area contributed by atoms with Crippen molar-refractivity contribution < 1.29 is 4.65 Å². The maximum Gasteiger partial charge on any atom is 0.436 e. The van der Waals surface area contributed by atoms with Crippen molar-refractivity contribution in [2.24, 2.45) is 0 Å². The molecule has 0 saturated carbocycles. The Balaban J connectivity index is 2.41. The number of hydrogen-bond acceptors (Lipinski definition) is 2. The van der Waals surface area contributed by atoms with Crippen molar-refractivity contribution in [2.45, 2.75) is 6.61 Å². The smallest absolute Gasteiger partial charge is 0.415 e. The van der Waals surface area contributed by atoms with E-state index in [0.717, 1.165) is 5.69 Å². The van der Waals surface area contributed by atoms with Crippen molar-refractivity contribution >= 4 is 13.3 Å². The van der Waals surface area contributed by atoms with Crippen LogP contribution in [0.25, 0.3) is 0 Å². The summed E-state index contributed by atoms with van der Waals surface area (Å²) in [5.41, 5.74) is 2.36. The van der Waals surface area contributed by atoms with Crippen LogP contribution in [0, 0.1) is 0 Å². The quantitative estimate of drug-likeness (QED) is 0.534. The second-order valence-corrected chi connectivity index (χ2v) is 2.23. The molecule has 0 unspecified atom stereocenters. The Morgan fingerprint density at radius 3 is 3.20 bits per heavy atom. The van der Waals surface area contributed by atoms with Gasteiger partial charge in [-0.3, -0.25) is 0 Å². The third kappa shape index (κ3) is 0.886. The average molecular weight is 132 g/mol. The zero-order chi connectivity index (χ0) is 6.81. The van der Waals surface area contributed by atoms with E-state index in [0.29, 0.717) is 6.61 Å². The van der Waals surface area contributed by atoms with Gasteiger partial charge in [-0.05, 0) is 11.6 Å². The molecule has 1 aliphatic heterocycles. The Bertz CT molecular complexity index is 214. The Morgan fingerprint density at radius 1 is 1.40 bits per heavy atom. The standard InChI is InChI=1S/C7H7BNO/c1-2-4-7-6(3-1)5-10-8-9-7/h1-4,9H,5H2. The lowest BCUT2D eigenvalue weighted by molar-refractivity contribution is 0.322. The fourth-order valence-electron chi connectivity index (χ4n) is 1.02. The number of nitrogens with one attached hydrogen (secondary N) is 1. The number of benzene rings is 1. The molecule has 1 heterocycles. The summed E-state index contributed by atoms with van der Waals surface area (Å²) in [4.78, 5) is 0. The van der Waals surface area contributed by atoms with Crippen molar-refractivity contribution in [1.82, 2.24) is 0 Å². The molecule has 0 aromatic heterocycles. The monoisotopic (exact) mass is 132 g/mol. The Hall–Kier alpha value is -0.955. The van der Waals surface area contributed by atoms with Gasteiger partial charge in [0.25, 0.3) is 0 Å². The summed E-state index contributed by atoms with van der Waals surface area (Å²) < 4.78 is 5.06. The first-order valence-corrected chi connectivity index (χ1v) is 3.24. The third-order valence-corrected chi connectivity index (χ3v) is 1.55. The molecule has 1 aromatic rings. The van der Waals surface area contributed by atoms with Gasteiger partial charge < -0.3 is 9.88 Å². The Labute approximate surface area is 60.5 Å². The molecule has 0 fully saturated rings. The van der Waals surface area contributed by atoms with E-state index in [2.05, 4.69) is 11.3 Å². The number of rotatable bonds is 0. The Morgan fingerprint density at radius 2 is 2.30 bits per heavy atom. The van der Waals surface area contributed by atoms with Crippen LogP contribution < -0.4 is 5.23 Å². The number of hydrogen-bond donors (Lipinski definition) is 1. The number of fused-ring (bicyclic) bond motifs is 1. The lowest BCUT2D eigenvalue weighted by Crippen LogP contribution is -2.17. The molecule has 2 nitrogen and oxygen atoms in total. The van der Waals surface area contributed by atoms with Gasteiger partial charge in [-0.15, -0.1) is 0 Å². The normalized spacial score (nSPS) is 14.8. The minimum Gasteiger partial charge on any atom is -0.415 e. The molecular weight excluding hydrogens is 125 g/mol. The van der Waals surface area contributed by atoms with Crippen LogP contribution in [0.4, 0.5) is 5.69 Å². The largest absolute Gasteiger partial charge is 0.436 e. The predicted octanol–water partition coefficient (Wildman–Crippen LogP) is 1.16. The van der Waals surface area contributed by atoms with Crippen molar-refractivity contribution in [1.29, 1.82) is 0 Å². The summed E-state index contributed by atoms with van der Waals surface area (Å²) in [5, 5.41) is 3.02. The zero-order valence-electron chi connectivity index (χ0n) is 5.50. The maximum absolute atomic E-state index is 5.06. The molecule has 0 spiro atoms. The third-order valence-electron chi connectivity index (χ3n) is 1.55. The van der Waals surface area contributed by atoms with Gasteiger partial charge >= 0.3 is 7.62 Å². The molecule has 0 atom stereocenters. The molecular formula is C7H7BNO. The van der Waals surface area contributed by atoms with Gasteiger partial charge in [0.05, 0.1) is 6.61 Å². The van der Waals surface area contributed by atoms with Gasteiger partial charge in [0.1, 0.15) is 0 Å². The number of anilines is 1. The van der Waals surface area contributed by atoms with Crippen LogP contribution in [0.1, 0.15) is 5.56 Å². The van der Waals surface area contributed by atoms with Crippen LogP contribution in [0.3, 0.4) is 0 Å². The summed E-state index contributed by atoms with van der Waals surface area (Å²) in [6.07, 6.45) is 0. The van der Waals surface area contributed by atoms with Crippen molar-refractivity contribution in [3.05, 3.63) is 29.8 Å². The molecule has 0 saturated heterocycles. The van der Waals surface area contributed by atoms with Crippen LogP contribution in [-0.4, -0.2) is 7.62 Å². The van der Waals surface area contributed by atoms with Crippen LogP contribution >= 0.6 is 0 Å². The van der Waals surface area contributed by atoms with E-state index in [1.807, 2.05) is 18.2 Å². The van der Waals surface area contributed by atoms with Crippen LogP contribution in [0.2, 0.25) is 0 Å². The lowest BCUT2D eigenvalue weighted by atomic mass is 10.1. The van der Waals surface area contributed by atoms with Gasteiger partial charge in [0.15, 0.2) is 0 Å². The highest BCUT2D eigenvalue weighted by Gasteiger charge is 2.07. The Kier molecular flexibility index (Phi) is 1.36. The predicted molar refractivity (Wildman–Crippen MR) is 40.6 cm³/mol. The fourth-order valence-corrected chi connectivity index (χ4v) is 1.02. The van der Waals surface area contributed by atoms with E-state index < -0.39 is 0 Å². The first kappa shape index (κ1) is 5.80. The molecule has 10 heavy (non-hydrogen) atoms. The van der Waals surface area contributed by atoms with Gasteiger partial charge in [0, 0.05) is 5.69 Å². The van der Waals surface area contributed by atoms with Crippen molar-refractivity contribution in [3.8, 4) is 0 Å². The minimum atomic E-state index is 0.684. The van der Waals surface area contributed by atoms with E-state index in [1.54, 1.807) is 7.62 Å². The van der Waals surface area contributed by atoms with Gasteiger partial charge in [-0.2, -0.15) is 0 Å². The molecule has 49 valence electrons. The fraction of sp³-hybridized carbons (Fsp3) is 0.143. The molecule has 1 N–H and O–H groups in total. The molecule has 1 radical (unpaired) electrons. The van der Waals surface area contributed by atoms with Gasteiger partial charge in [-0.1, -0.05) is 18.2 Å². The van der Waals surface area contributed by atoms with Crippen LogP contribution in [0.5, 0.6) is 0 Å². The highest BCUT2D eigenvalue weighted by molar-refractivity contribution is 6.33. The van der Waals surface area contributed by atoms with E-state index in [-0.39, 0.29) is 0 Å². The highest BCUT2D eigenvalue weighted by Crippen LogP contribution is 2.17. The summed E-state index contributed by atoms with van der Waals surface area (Å²) >= 11 is 0. The van der Waals surface area contributed by atoms with Crippen molar-refractivity contribution in [3.63, 3.8) is 0 Å². The molecule has 2 rings (SSSR count). The summed E-state index contributed by atoms with van der Waals surface area (Å²) in [6, 6.07) is 8.10. The molecule has 1 aromatic carbocycles. The van der Waals surface area contributed by atoms with Crippen molar-refractivity contribution in [2.75, 3.05) is 5.23 Å². The molecule has 0 aliphatic carbocycles. The average Bonchev–Trinajstić information content (AvgIpc) is 2.05. The topological polar surface area (TPSA) is 21.3 Å². The summed E-state index contributed by atoms with van der Waals surface area (Å²) in [7, 11) is 1.61. The summed E-state index contributed by atoms with van der Waals surface area (Å²) in [6.45, 7) is 0.684. The second kappa shape index (κ2) is 2.35. The van der Waals surface area contributed by atoms with E-state index in [9.17, 15) is 0 Å². The first-order valence-electron chi connectivity index (χ1n) is 3.24. The SMILES string of the molecule is [B]1Nc2ccccc2CO1. The minimum absolute atomic E-state index is 0.684. The first-order chi connectivity index (χ1) is 4.97. The summed E-state index contributed by atoms with van der Waals surface area (Å²) in [5.74, 6) is 0. The molecule has 0 bridgehead atoms. The second-order valence-electron chi connectivity index (χ2n) is 2.23. The number of para-hydroxylation sites is 1. The molecule has 3 heteroatoms.